The molecule has 2 aromatic heterocycles. The van der Waals surface area contributed by atoms with Gasteiger partial charge in [-0.15, -0.1) is 11.3 Å². The van der Waals surface area contributed by atoms with Gasteiger partial charge >= 0.3 is 0 Å². The summed E-state index contributed by atoms with van der Waals surface area (Å²) in [5.41, 5.74) is 1.77. The van der Waals surface area contributed by atoms with E-state index in [0.717, 1.165) is 36.7 Å². The van der Waals surface area contributed by atoms with Crippen molar-refractivity contribution in [1.29, 1.82) is 0 Å². The summed E-state index contributed by atoms with van der Waals surface area (Å²) in [6, 6.07) is 0. The zero-order chi connectivity index (χ0) is 10.8. The highest BCUT2D eigenvalue weighted by atomic mass is 32.1. The van der Waals surface area contributed by atoms with Gasteiger partial charge in [0.1, 0.15) is 0 Å². The van der Waals surface area contributed by atoms with Crippen LogP contribution in [0.15, 0.2) is 16.2 Å². The standard InChI is InChI=1S/C10H12N4OS/c1-3-11-4-2-7(1)10-13-9(14-15-10)8-5-12-6-16-8/h5-7,11H,1-4H2. The summed E-state index contributed by atoms with van der Waals surface area (Å²) >= 11 is 1.53. The molecule has 2 aromatic rings. The van der Waals surface area contributed by atoms with Gasteiger partial charge in [-0.05, 0) is 25.9 Å². The van der Waals surface area contributed by atoms with Gasteiger partial charge in [0.2, 0.25) is 11.7 Å². The molecule has 6 heteroatoms. The maximum atomic E-state index is 5.32. The van der Waals surface area contributed by atoms with E-state index in [2.05, 4.69) is 20.4 Å². The number of hydrogen-bond acceptors (Lipinski definition) is 6. The molecule has 0 amide bonds. The fourth-order valence-electron chi connectivity index (χ4n) is 1.90. The molecule has 1 saturated heterocycles. The lowest BCUT2D eigenvalue weighted by Gasteiger charge is -2.18. The Morgan fingerprint density at radius 1 is 1.38 bits per heavy atom. The molecule has 5 nitrogen and oxygen atoms in total. The molecular weight excluding hydrogens is 224 g/mol. The Bertz CT molecular complexity index is 447. The fraction of sp³-hybridized carbons (Fsp3) is 0.500. The molecular formula is C10H12N4OS. The number of thiazole rings is 1. The molecule has 0 spiro atoms. The highest BCUT2D eigenvalue weighted by Crippen LogP contribution is 2.26. The minimum atomic E-state index is 0.412. The van der Waals surface area contributed by atoms with Gasteiger partial charge in [0, 0.05) is 12.1 Å². The number of nitrogens with zero attached hydrogens (tertiary/aromatic N) is 3. The van der Waals surface area contributed by atoms with Crippen LogP contribution in [-0.4, -0.2) is 28.2 Å². The fourth-order valence-corrected chi connectivity index (χ4v) is 2.44. The summed E-state index contributed by atoms with van der Waals surface area (Å²) in [6.45, 7) is 2.06. The third-order valence-corrected chi connectivity index (χ3v) is 3.55. The first kappa shape index (κ1) is 9.92. The van der Waals surface area contributed by atoms with Crippen molar-refractivity contribution in [3.8, 4) is 10.7 Å². The first-order valence-corrected chi connectivity index (χ1v) is 6.24. The minimum absolute atomic E-state index is 0.412. The average molecular weight is 236 g/mol. The molecule has 3 heterocycles. The van der Waals surface area contributed by atoms with Crippen LogP contribution < -0.4 is 5.32 Å². The predicted molar refractivity (Wildman–Crippen MR) is 60.3 cm³/mol. The van der Waals surface area contributed by atoms with Gasteiger partial charge in [-0.3, -0.25) is 4.98 Å². The molecule has 1 aliphatic heterocycles. The predicted octanol–water partition coefficient (Wildman–Crippen LogP) is 1.66. The molecule has 0 aliphatic carbocycles. The van der Waals surface area contributed by atoms with Crippen molar-refractivity contribution < 1.29 is 4.52 Å². The molecule has 0 aromatic carbocycles. The summed E-state index contributed by atoms with van der Waals surface area (Å²) in [7, 11) is 0. The molecule has 0 radical (unpaired) electrons. The quantitative estimate of drug-likeness (QED) is 0.859. The zero-order valence-electron chi connectivity index (χ0n) is 8.72. The van der Waals surface area contributed by atoms with Crippen LogP contribution in [0.3, 0.4) is 0 Å². The van der Waals surface area contributed by atoms with E-state index in [0.29, 0.717) is 11.7 Å². The van der Waals surface area contributed by atoms with Gasteiger partial charge in [-0.2, -0.15) is 4.98 Å². The molecule has 16 heavy (non-hydrogen) atoms. The Morgan fingerprint density at radius 2 is 2.25 bits per heavy atom. The van der Waals surface area contributed by atoms with Crippen molar-refractivity contribution in [2.45, 2.75) is 18.8 Å². The van der Waals surface area contributed by atoms with Gasteiger partial charge in [0.25, 0.3) is 0 Å². The molecule has 1 fully saturated rings. The van der Waals surface area contributed by atoms with Crippen molar-refractivity contribution in [3.05, 3.63) is 17.6 Å². The number of hydrogen-bond donors (Lipinski definition) is 1. The van der Waals surface area contributed by atoms with E-state index in [1.807, 2.05) is 0 Å². The molecule has 1 N–H and O–H groups in total. The third kappa shape index (κ3) is 1.85. The third-order valence-electron chi connectivity index (χ3n) is 2.78. The van der Waals surface area contributed by atoms with Crippen LogP contribution in [0, 0.1) is 0 Å². The smallest absolute Gasteiger partial charge is 0.230 e. The largest absolute Gasteiger partial charge is 0.339 e. The average Bonchev–Trinajstić information content (AvgIpc) is 3.01. The van der Waals surface area contributed by atoms with Gasteiger partial charge in [0.15, 0.2) is 0 Å². The summed E-state index contributed by atoms with van der Waals surface area (Å²) in [5.74, 6) is 1.84. The first-order valence-electron chi connectivity index (χ1n) is 5.36. The number of aromatic nitrogens is 3. The first-order chi connectivity index (χ1) is 7.93. The second-order valence-electron chi connectivity index (χ2n) is 3.85. The van der Waals surface area contributed by atoms with Crippen molar-refractivity contribution >= 4 is 11.3 Å². The van der Waals surface area contributed by atoms with Crippen molar-refractivity contribution in [3.63, 3.8) is 0 Å². The molecule has 0 saturated carbocycles. The van der Waals surface area contributed by atoms with Crippen molar-refractivity contribution in [1.82, 2.24) is 20.4 Å². The molecule has 3 rings (SSSR count). The summed E-state index contributed by atoms with van der Waals surface area (Å²) < 4.78 is 5.32. The lowest BCUT2D eigenvalue weighted by Crippen LogP contribution is -2.26. The van der Waals surface area contributed by atoms with Gasteiger partial charge in [-0.1, -0.05) is 5.16 Å². The van der Waals surface area contributed by atoms with Crippen LogP contribution in [0.4, 0.5) is 0 Å². The maximum absolute atomic E-state index is 5.32. The number of nitrogens with one attached hydrogen (secondary N) is 1. The Labute approximate surface area is 96.9 Å². The Kier molecular flexibility index (Phi) is 2.67. The van der Waals surface area contributed by atoms with E-state index in [1.54, 1.807) is 11.7 Å². The van der Waals surface area contributed by atoms with E-state index in [4.69, 9.17) is 4.52 Å². The normalized spacial score (nSPS) is 17.8. The number of rotatable bonds is 2. The van der Waals surface area contributed by atoms with Crippen molar-refractivity contribution in [2.24, 2.45) is 0 Å². The highest BCUT2D eigenvalue weighted by molar-refractivity contribution is 7.13. The lowest BCUT2D eigenvalue weighted by molar-refractivity contribution is 0.320. The van der Waals surface area contributed by atoms with E-state index in [9.17, 15) is 0 Å². The Balaban J connectivity index is 1.82. The van der Waals surface area contributed by atoms with E-state index < -0.39 is 0 Å². The molecule has 0 atom stereocenters. The Morgan fingerprint density at radius 3 is 3.00 bits per heavy atom. The Hall–Kier alpha value is -1.27. The summed E-state index contributed by atoms with van der Waals surface area (Å²) in [6.07, 6.45) is 3.91. The second-order valence-corrected chi connectivity index (χ2v) is 4.73. The molecule has 84 valence electrons. The van der Waals surface area contributed by atoms with Crippen LogP contribution >= 0.6 is 11.3 Å². The van der Waals surface area contributed by atoms with Crippen LogP contribution in [0.1, 0.15) is 24.7 Å². The van der Waals surface area contributed by atoms with Gasteiger partial charge < -0.3 is 9.84 Å². The van der Waals surface area contributed by atoms with Crippen LogP contribution in [0.2, 0.25) is 0 Å². The zero-order valence-corrected chi connectivity index (χ0v) is 9.54. The minimum Gasteiger partial charge on any atom is -0.339 e. The monoisotopic (exact) mass is 236 g/mol. The molecule has 1 aliphatic rings. The van der Waals surface area contributed by atoms with E-state index in [-0.39, 0.29) is 0 Å². The van der Waals surface area contributed by atoms with Crippen LogP contribution in [0.25, 0.3) is 10.7 Å². The topological polar surface area (TPSA) is 63.8 Å². The summed E-state index contributed by atoms with van der Waals surface area (Å²) in [5, 5.41) is 7.32. The SMILES string of the molecule is c1ncc(-c2noc(C3CCNCC3)n2)s1. The number of piperidine rings is 1. The van der Waals surface area contributed by atoms with Gasteiger partial charge in [-0.25, -0.2) is 0 Å². The van der Waals surface area contributed by atoms with E-state index >= 15 is 0 Å². The van der Waals surface area contributed by atoms with Gasteiger partial charge in [0.05, 0.1) is 10.4 Å². The molecule has 0 bridgehead atoms. The van der Waals surface area contributed by atoms with Crippen molar-refractivity contribution in [2.75, 3.05) is 13.1 Å². The van der Waals surface area contributed by atoms with E-state index in [1.165, 1.54) is 11.3 Å². The lowest BCUT2D eigenvalue weighted by atomic mass is 9.98. The summed E-state index contributed by atoms with van der Waals surface area (Å²) in [4.78, 5) is 9.41. The highest BCUT2D eigenvalue weighted by Gasteiger charge is 2.21. The second kappa shape index (κ2) is 4.31. The van der Waals surface area contributed by atoms with Crippen LogP contribution in [-0.2, 0) is 0 Å². The maximum Gasteiger partial charge on any atom is 0.230 e. The molecule has 0 unspecified atom stereocenters. The van der Waals surface area contributed by atoms with Crippen LogP contribution in [0.5, 0.6) is 0 Å².